The fraction of sp³-hybridized carbons (Fsp3) is 0.185. The van der Waals surface area contributed by atoms with Gasteiger partial charge >= 0.3 is 5.97 Å². The molecule has 8 nitrogen and oxygen atoms in total. The van der Waals surface area contributed by atoms with Crippen LogP contribution in [-0.4, -0.2) is 25.8 Å². The number of aromatic nitrogens is 3. The van der Waals surface area contributed by atoms with Gasteiger partial charge in [-0.15, -0.1) is 0 Å². The molecule has 0 aliphatic carbocycles. The maximum absolute atomic E-state index is 13.4. The molecule has 0 saturated carbocycles. The van der Waals surface area contributed by atoms with E-state index >= 15 is 0 Å². The van der Waals surface area contributed by atoms with Crippen molar-refractivity contribution in [2.45, 2.75) is 26.8 Å². The minimum atomic E-state index is -1.02. The van der Waals surface area contributed by atoms with E-state index in [0.717, 1.165) is 16.6 Å². The van der Waals surface area contributed by atoms with Gasteiger partial charge in [-0.05, 0) is 56.7 Å². The highest BCUT2D eigenvalue weighted by Crippen LogP contribution is 2.32. The summed E-state index contributed by atoms with van der Waals surface area (Å²) in [5.74, 6) is -0.618. The van der Waals surface area contributed by atoms with Crippen LogP contribution in [0.4, 0.5) is 5.69 Å². The molecule has 0 aliphatic heterocycles. The number of anilines is 1. The Morgan fingerprint density at radius 1 is 1.11 bits per heavy atom. The molecule has 1 atom stereocenters. The maximum atomic E-state index is 13.4. The average Bonchev–Trinajstić information content (AvgIpc) is 3.20. The Balaban J connectivity index is 1.68. The normalized spacial score (nSPS) is 12.2. The van der Waals surface area contributed by atoms with Gasteiger partial charge in [0.1, 0.15) is 22.3 Å². The third kappa shape index (κ3) is 3.93. The predicted molar refractivity (Wildman–Crippen MR) is 135 cm³/mol. The lowest BCUT2D eigenvalue weighted by Crippen LogP contribution is -2.14. The minimum absolute atomic E-state index is 0.127. The second kappa shape index (κ2) is 8.39. The summed E-state index contributed by atoms with van der Waals surface area (Å²) in [7, 11) is 1.83. The van der Waals surface area contributed by atoms with Gasteiger partial charge in [0.15, 0.2) is 11.2 Å². The number of nitrogens with zero attached hydrogens (tertiary/aromatic N) is 3. The number of aryl methyl sites for hydroxylation is 2. The second-order valence-electron chi connectivity index (χ2n) is 8.74. The highest BCUT2D eigenvalue weighted by molar-refractivity contribution is 5.94. The monoisotopic (exact) mass is 468 g/mol. The van der Waals surface area contributed by atoms with Crippen LogP contribution in [0.15, 0.2) is 63.9 Å². The summed E-state index contributed by atoms with van der Waals surface area (Å²) in [6, 6.07) is 13.8. The number of aromatic carboxylic acids is 1. The summed E-state index contributed by atoms with van der Waals surface area (Å²) < 4.78 is 8.08. The SMILES string of the molecule is Cc1cc(C(C)Nc2ccccc2C(=O)O)c2oc(-c3ccc4nn(C)cc4n3)c(C)c(=O)c2c1. The zero-order chi connectivity index (χ0) is 24.9. The molecule has 5 rings (SSSR count). The zero-order valence-corrected chi connectivity index (χ0v) is 19.8. The molecule has 35 heavy (non-hydrogen) atoms. The molecule has 3 heterocycles. The van der Waals surface area contributed by atoms with E-state index < -0.39 is 5.97 Å². The van der Waals surface area contributed by atoms with Crippen LogP contribution in [0.3, 0.4) is 0 Å². The summed E-state index contributed by atoms with van der Waals surface area (Å²) in [6.07, 6.45) is 1.81. The lowest BCUT2D eigenvalue weighted by molar-refractivity contribution is 0.0698. The van der Waals surface area contributed by atoms with Crippen LogP contribution < -0.4 is 10.7 Å². The average molecular weight is 469 g/mol. The third-order valence-electron chi connectivity index (χ3n) is 6.10. The van der Waals surface area contributed by atoms with E-state index in [2.05, 4.69) is 15.4 Å². The first-order chi connectivity index (χ1) is 16.7. The molecule has 0 spiro atoms. The number of carbonyl (C=O) groups is 1. The van der Waals surface area contributed by atoms with Gasteiger partial charge in [-0.2, -0.15) is 5.10 Å². The molecule has 0 bridgehead atoms. The van der Waals surface area contributed by atoms with Crippen molar-refractivity contribution in [1.82, 2.24) is 14.8 Å². The van der Waals surface area contributed by atoms with Gasteiger partial charge in [-0.25, -0.2) is 9.78 Å². The summed E-state index contributed by atoms with van der Waals surface area (Å²) in [4.78, 5) is 29.8. The Morgan fingerprint density at radius 3 is 2.66 bits per heavy atom. The number of para-hydroxylation sites is 1. The molecule has 1 unspecified atom stereocenters. The van der Waals surface area contributed by atoms with Crippen molar-refractivity contribution >= 4 is 33.7 Å². The van der Waals surface area contributed by atoms with Crippen molar-refractivity contribution in [2.24, 2.45) is 7.05 Å². The number of pyridine rings is 1. The number of benzene rings is 2. The van der Waals surface area contributed by atoms with Crippen LogP contribution >= 0.6 is 0 Å². The number of carboxylic acids is 1. The molecule has 8 heteroatoms. The maximum Gasteiger partial charge on any atom is 0.337 e. The molecular formula is C27H24N4O4. The highest BCUT2D eigenvalue weighted by Gasteiger charge is 2.21. The van der Waals surface area contributed by atoms with Crippen LogP contribution in [-0.2, 0) is 7.05 Å². The second-order valence-corrected chi connectivity index (χ2v) is 8.74. The lowest BCUT2D eigenvalue weighted by atomic mass is 9.99. The Morgan fingerprint density at radius 2 is 1.89 bits per heavy atom. The molecule has 5 aromatic rings. The van der Waals surface area contributed by atoms with E-state index in [-0.39, 0.29) is 17.0 Å². The summed E-state index contributed by atoms with van der Waals surface area (Å²) in [5, 5.41) is 17.7. The van der Waals surface area contributed by atoms with E-state index in [9.17, 15) is 14.7 Å². The van der Waals surface area contributed by atoms with Crippen LogP contribution in [0.1, 0.15) is 40.0 Å². The van der Waals surface area contributed by atoms with Crippen molar-refractivity contribution in [3.05, 3.63) is 87.2 Å². The molecule has 2 aromatic carbocycles. The third-order valence-corrected chi connectivity index (χ3v) is 6.10. The number of hydrogen-bond acceptors (Lipinski definition) is 6. The molecule has 0 aliphatic rings. The van der Waals surface area contributed by atoms with E-state index in [1.54, 1.807) is 41.9 Å². The fourth-order valence-corrected chi connectivity index (χ4v) is 4.39. The smallest absolute Gasteiger partial charge is 0.337 e. The van der Waals surface area contributed by atoms with Gasteiger partial charge < -0.3 is 14.8 Å². The quantitative estimate of drug-likeness (QED) is 0.363. The first-order valence-electron chi connectivity index (χ1n) is 11.2. The zero-order valence-electron chi connectivity index (χ0n) is 19.8. The van der Waals surface area contributed by atoms with E-state index in [1.165, 1.54) is 0 Å². The molecular weight excluding hydrogens is 444 g/mol. The largest absolute Gasteiger partial charge is 0.478 e. The molecule has 176 valence electrons. The summed E-state index contributed by atoms with van der Waals surface area (Å²) in [6.45, 7) is 5.57. The Bertz CT molecular complexity index is 1680. The van der Waals surface area contributed by atoms with Crippen molar-refractivity contribution < 1.29 is 14.3 Å². The molecule has 0 radical (unpaired) electrons. The van der Waals surface area contributed by atoms with Crippen LogP contribution in [0.5, 0.6) is 0 Å². The van der Waals surface area contributed by atoms with Crippen LogP contribution in [0.2, 0.25) is 0 Å². The first kappa shape index (κ1) is 22.3. The number of rotatable bonds is 5. The number of hydrogen-bond donors (Lipinski definition) is 2. The van der Waals surface area contributed by atoms with Gasteiger partial charge in [0, 0.05) is 23.9 Å². The predicted octanol–water partition coefficient (Wildman–Crippen LogP) is 5.23. The number of carboxylic acid groups (broad SMARTS) is 1. The molecule has 0 saturated heterocycles. The van der Waals surface area contributed by atoms with Gasteiger partial charge in [0.05, 0.1) is 23.2 Å². The van der Waals surface area contributed by atoms with E-state index in [0.29, 0.717) is 39.2 Å². The fourth-order valence-electron chi connectivity index (χ4n) is 4.39. The molecule has 0 amide bonds. The Kier molecular flexibility index (Phi) is 5.36. The Hall–Kier alpha value is -4.46. The van der Waals surface area contributed by atoms with Gasteiger partial charge in [0.25, 0.3) is 0 Å². The van der Waals surface area contributed by atoms with Gasteiger partial charge in [0.2, 0.25) is 0 Å². The van der Waals surface area contributed by atoms with Crippen molar-refractivity contribution in [3.8, 4) is 11.5 Å². The Labute approximate surface area is 200 Å². The van der Waals surface area contributed by atoms with Crippen LogP contribution in [0.25, 0.3) is 33.5 Å². The summed E-state index contributed by atoms with van der Waals surface area (Å²) in [5.41, 5.74) is 5.11. The first-order valence-corrected chi connectivity index (χ1v) is 11.2. The van der Waals surface area contributed by atoms with Crippen molar-refractivity contribution in [3.63, 3.8) is 0 Å². The number of fused-ring (bicyclic) bond motifs is 2. The van der Waals surface area contributed by atoms with Crippen molar-refractivity contribution in [2.75, 3.05) is 5.32 Å². The molecule has 0 fully saturated rings. The van der Waals surface area contributed by atoms with Crippen LogP contribution in [0, 0.1) is 13.8 Å². The molecule has 2 N–H and O–H groups in total. The lowest BCUT2D eigenvalue weighted by Gasteiger charge is -2.19. The van der Waals surface area contributed by atoms with Crippen molar-refractivity contribution in [1.29, 1.82) is 0 Å². The minimum Gasteiger partial charge on any atom is -0.478 e. The van der Waals surface area contributed by atoms with Gasteiger partial charge in [-0.1, -0.05) is 18.2 Å². The number of nitrogens with one attached hydrogen (secondary N) is 1. The topological polar surface area (TPSA) is 110 Å². The van der Waals surface area contributed by atoms with E-state index in [4.69, 9.17) is 4.42 Å². The molecule has 3 aromatic heterocycles. The highest BCUT2D eigenvalue weighted by atomic mass is 16.4. The van der Waals surface area contributed by atoms with E-state index in [1.807, 2.05) is 45.3 Å². The summed E-state index contributed by atoms with van der Waals surface area (Å²) >= 11 is 0. The standard InChI is InChI=1S/C27H24N4O4/c1-14-11-18(16(3)28-20-8-6-5-7-17(20)27(33)34)26-19(12-14)24(32)15(2)25(35-26)22-10-9-21-23(29-22)13-31(4)30-21/h5-13,16,28H,1-4H3,(H,33,34). The van der Waals surface area contributed by atoms with Gasteiger partial charge in [-0.3, -0.25) is 9.48 Å².